The Morgan fingerprint density at radius 3 is 2.85 bits per heavy atom. The van der Waals surface area contributed by atoms with Gasteiger partial charge < -0.3 is 10.1 Å². The van der Waals surface area contributed by atoms with Crippen LogP contribution < -0.4 is 5.32 Å². The Kier molecular flexibility index (Phi) is 5.59. The van der Waals surface area contributed by atoms with Gasteiger partial charge in [-0.3, -0.25) is 9.59 Å². The van der Waals surface area contributed by atoms with Crippen LogP contribution in [0.3, 0.4) is 0 Å². The number of esters is 1. The van der Waals surface area contributed by atoms with Gasteiger partial charge in [-0.15, -0.1) is 0 Å². The number of allylic oxidation sites excluding steroid dienone is 1. The quantitative estimate of drug-likeness (QED) is 0.820. The highest BCUT2D eigenvalue weighted by atomic mass is 32.2. The van der Waals surface area contributed by atoms with Gasteiger partial charge in [0.15, 0.2) is 0 Å². The first-order valence-corrected chi connectivity index (χ1v) is 9.32. The van der Waals surface area contributed by atoms with Crippen LogP contribution in [-0.4, -0.2) is 24.2 Å². The second-order valence-electron chi connectivity index (χ2n) is 5.82. The molecular weight excluding hydrogens is 348 g/mol. The molecule has 5 nitrogen and oxygen atoms in total. The van der Waals surface area contributed by atoms with E-state index in [1.54, 1.807) is 6.92 Å². The summed E-state index contributed by atoms with van der Waals surface area (Å²) in [5.74, 6) is -0.807. The van der Waals surface area contributed by atoms with Gasteiger partial charge in [-0.1, -0.05) is 54.2 Å². The third-order valence-corrected chi connectivity index (χ3v) is 5.19. The molecule has 0 saturated heterocycles. The Hall–Kier alpha value is -2.78. The van der Waals surface area contributed by atoms with Crippen molar-refractivity contribution in [3.63, 3.8) is 0 Å². The maximum atomic E-state index is 12.2. The minimum Gasteiger partial charge on any atom is -0.465 e. The minimum atomic E-state index is -0.371. The molecule has 1 aliphatic rings. The first-order valence-electron chi connectivity index (χ1n) is 8.34. The van der Waals surface area contributed by atoms with E-state index in [4.69, 9.17) is 4.74 Å². The lowest BCUT2D eigenvalue weighted by Crippen LogP contribution is -2.31. The van der Waals surface area contributed by atoms with Gasteiger partial charge in [0.25, 0.3) is 0 Å². The van der Waals surface area contributed by atoms with Crippen LogP contribution >= 0.6 is 11.8 Å². The molecule has 0 spiro atoms. The van der Waals surface area contributed by atoms with Crippen LogP contribution in [0.15, 0.2) is 53.1 Å². The van der Waals surface area contributed by atoms with Crippen molar-refractivity contribution in [2.24, 2.45) is 0 Å². The van der Waals surface area contributed by atoms with E-state index < -0.39 is 0 Å². The average Bonchev–Trinajstić information content (AvgIpc) is 2.65. The molecule has 0 saturated carbocycles. The summed E-state index contributed by atoms with van der Waals surface area (Å²) in [6.45, 7) is 2.04. The van der Waals surface area contributed by atoms with E-state index in [1.807, 2.05) is 42.5 Å². The van der Waals surface area contributed by atoms with Crippen molar-refractivity contribution < 1.29 is 14.3 Å². The Morgan fingerprint density at radius 1 is 1.31 bits per heavy atom. The largest absolute Gasteiger partial charge is 0.465 e. The Bertz CT molecular complexity index is 925. The number of hydrogen-bond acceptors (Lipinski definition) is 5. The molecule has 6 heteroatoms. The number of carbonyl (C=O) groups excluding carboxylic acids is 2. The van der Waals surface area contributed by atoms with E-state index in [1.165, 1.54) is 0 Å². The maximum Gasteiger partial charge on any atom is 0.316 e. The highest BCUT2D eigenvalue weighted by molar-refractivity contribution is 8.03. The zero-order valence-electron chi connectivity index (χ0n) is 14.3. The summed E-state index contributed by atoms with van der Waals surface area (Å²) in [6, 6.07) is 16.0. The van der Waals surface area contributed by atoms with Gasteiger partial charge in [-0.2, -0.15) is 5.26 Å². The molecule has 2 aromatic rings. The fourth-order valence-electron chi connectivity index (χ4n) is 3.09. The van der Waals surface area contributed by atoms with Gasteiger partial charge in [0.1, 0.15) is 0 Å². The lowest BCUT2D eigenvalue weighted by Gasteiger charge is -2.26. The average molecular weight is 366 g/mol. The van der Waals surface area contributed by atoms with Crippen molar-refractivity contribution in [3.8, 4) is 6.07 Å². The standard InChI is InChI=1S/C20H18N2O3S/c1-2-25-19(24)12-26-20-17(11-21)16(10-18(23)22-20)15-9-5-7-13-6-3-4-8-14(13)15/h3-9,16H,2,10,12H2,1H3,(H,22,23). The second-order valence-corrected chi connectivity index (χ2v) is 6.81. The highest BCUT2D eigenvalue weighted by Gasteiger charge is 2.30. The number of rotatable bonds is 5. The molecule has 26 heavy (non-hydrogen) atoms. The number of hydrogen-bond donors (Lipinski definition) is 1. The number of thioether (sulfide) groups is 1. The molecule has 2 aromatic carbocycles. The number of fused-ring (bicyclic) bond motifs is 1. The van der Waals surface area contributed by atoms with Crippen LogP contribution in [0.5, 0.6) is 0 Å². The van der Waals surface area contributed by atoms with Crippen molar-refractivity contribution in [2.45, 2.75) is 19.3 Å². The number of benzene rings is 2. The van der Waals surface area contributed by atoms with E-state index in [-0.39, 0.29) is 30.0 Å². The van der Waals surface area contributed by atoms with Gasteiger partial charge in [0, 0.05) is 12.3 Å². The van der Waals surface area contributed by atoms with Gasteiger partial charge in [-0.05, 0) is 23.3 Å². The Labute approximate surface area is 156 Å². The number of nitrogens with one attached hydrogen (secondary N) is 1. The predicted molar refractivity (Wildman–Crippen MR) is 101 cm³/mol. The molecule has 1 N–H and O–H groups in total. The monoisotopic (exact) mass is 366 g/mol. The molecule has 1 unspecified atom stereocenters. The lowest BCUT2D eigenvalue weighted by atomic mass is 9.84. The number of nitrogens with zero attached hydrogens (tertiary/aromatic N) is 1. The summed E-state index contributed by atoms with van der Waals surface area (Å²) in [4.78, 5) is 23.9. The van der Waals surface area contributed by atoms with E-state index in [2.05, 4.69) is 11.4 Å². The SMILES string of the molecule is CCOC(=O)CSC1=C(C#N)C(c2cccc3ccccc23)CC(=O)N1. The molecule has 1 amide bonds. The van der Waals surface area contributed by atoms with Gasteiger partial charge in [0.2, 0.25) is 5.91 Å². The fourth-order valence-corrected chi connectivity index (χ4v) is 3.96. The van der Waals surface area contributed by atoms with Crippen LogP contribution in [0.2, 0.25) is 0 Å². The van der Waals surface area contributed by atoms with Gasteiger partial charge in [0.05, 0.1) is 29.0 Å². The number of carbonyl (C=O) groups is 2. The molecule has 0 radical (unpaired) electrons. The van der Waals surface area contributed by atoms with Crippen molar-refractivity contribution in [2.75, 3.05) is 12.4 Å². The van der Waals surface area contributed by atoms with E-state index >= 15 is 0 Å². The van der Waals surface area contributed by atoms with Crippen molar-refractivity contribution >= 4 is 34.4 Å². The minimum absolute atomic E-state index is 0.0525. The molecule has 1 aliphatic heterocycles. The molecule has 1 atom stereocenters. The van der Waals surface area contributed by atoms with Crippen LogP contribution in [0, 0.1) is 11.3 Å². The third kappa shape index (κ3) is 3.73. The van der Waals surface area contributed by atoms with Crippen LogP contribution in [-0.2, 0) is 14.3 Å². The second kappa shape index (κ2) is 8.07. The fraction of sp³-hybridized carbons (Fsp3) is 0.250. The van der Waals surface area contributed by atoms with Crippen molar-refractivity contribution in [3.05, 3.63) is 58.6 Å². The molecule has 3 rings (SSSR count). The van der Waals surface area contributed by atoms with E-state index in [0.717, 1.165) is 28.1 Å². The summed E-state index contributed by atoms with van der Waals surface area (Å²) in [6.07, 6.45) is 0.209. The van der Waals surface area contributed by atoms with E-state index in [9.17, 15) is 14.9 Å². The Balaban J connectivity index is 1.99. The summed E-state index contributed by atoms with van der Waals surface area (Å²) in [5.41, 5.74) is 1.43. The summed E-state index contributed by atoms with van der Waals surface area (Å²) in [5, 5.41) is 15.0. The number of nitriles is 1. The molecule has 1 heterocycles. The maximum absolute atomic E-state index is 12.2. The third-order valence-electron chi connectivity index (χ3n) is 4.19. The Morgan fingerprint density at radius 2 is 2.08 bits per heavy atom. The molecule has 0 aromatic heterocycles. The molecule has 0 aliphatic carbocycles. The van der Waals surface area contributed by atoms with Crippen LogP contribution in [0.4, 0.5) is 0 Å². The van der Waals surface area contributed by atoms with Crippen LogP contribution in [0.1, 0.15) is 24.8 Å². The molecular formula is C20H18N2O3S. The summed E-state index contributed by atoms with van der Waals surface area (Å²) < 4.78 is 4.92. The number of amides is 1. The summed E-state index contributed by atoms with van der Waals surface area (Å²) >= 11 is 1.14. The normalized spacial score (nSPS) is 16.9. The highest BCUT2D eigenvalue weighted by Crippen LogP contribution is 2.38. The summed E-state index contributed by atoms with van der Waals surface area (Å²) in [7, 11) is 0. The smallest absolute Gasteiger partial charge is 0.316 e. The molecule has 0 fully saturated rings. The molecule has 0 bridgehead atoms. The number of ether oxygens (including phenoxy) is 1. The van der Waals surface area contributed by atoms with Crippen LogP contribution in [0.25, 0.3) is 10.8 Å². The topological polar surface area (TPSA) is 79.2 Å². The molecule has 132 valence electrons. The van der Waals surface area contributed by atoms with E-state index in [0.29, 0.717) is 17.2 Å². The first-order chi connectivity index (χ1) is 12.6. The van der Waals surface area contributed by atoms with Crippen molar-refractivity contribution in [1.29, 1.82) is 5.26 Å². The zero-order chi connectivity index (χ0) is 18.5. The predicted octanol–water partition coefficient (Wildman–Crippen LogP) is 3.47. The van der Waals surface area contributed by atoms with Gasteiger partial charge in [-0.25, -0.2) is 0 Å². The first kappa shape index (κ1) is 18.0. The van der Waals surface area contributed by atoms with Gasteiger partial charge >= 0.3 is 5.97 Å². The van der Waals surface area contributed by atoms with Crippen molar-refractivity contribution in [1.82, 2.24) is 5.32 Å². The zero-order valence-corrected chi connectivity index (χ0v) is 15.1. The lowest BCUT2D eigenvalue weighted by molar-refractivity contribution is -0.139.